The molecule has 0 radical (unpaired) electrons. The van der Waals surface area contributed by atoms with Crippen molar-refractivity contribution in [3.63, 3.8) is 0 Å². The van der Waals surface area contributed by atoms with Crippen LogP contribution in [0.25, 0.3) is 0 Å². The number of hydrogen-bond donors (Lipinski definition) is 4. The summed E-state index contributed by atoms with van der Waals surface area (Å²) in [5.41, 5.74) is 1.20. The van der Waals surface area contributed by atoms with Crippen LogP contribution in [0.5, 0.6) is 0 Å². The normalized spacial score (nSPS) is 24.3. The molecule has 2 atom stereocenters. The van der Waals surface area contributed by atoms with Crippen molar-refractivity contribution in [2.75, 3.05) is 30.7 Å². The zero-order chi connectivity index (χ0) is 14.8. The van der Waals surface area contributed by atoms with E-state index in [1.807, 2.05) is 6.07 Å². The van der Waals surface area contributed by atoms with E-state index in [2.05, 4.69) is 16.0 Å². The zero-order valence-corrected chi connectivity index (χ0v) is 12.2. The Morgan fingerprint density at radius 2 is 2.29 bits per heavy atom. The summed E-state index contributed by atoms with van der Waals surface area (Å²) in [6.07, 6.45) is -0.412. The van der Waals surface area contributed by atoms with Crippen LogP contribution >= 0.6 is 11.8 Å². The number of rotatable bonds is 3. The molecular formula is C14H17N3O3S. The van der Waals surface area contributed by atoms with Crippen LogP contribution in [0.3, 0.4) is 0 Å². The number of hydrogen-bond acceptors (Lipinski definition) is 5. The van der Waals surface area contributed by atoms with E-state index in [1.54, 1.807) is 12.1 Å². The van der Waals surface area contributed by atoms with Gasteiger partial charge in [0.25, 0.3) is 5.91 Å². The molecule has 3 rings (SSSR count). The van der Waals surface area contributed by atoms with Gasteiger partial charge in [-0.2, -0.15) is 0 Å². The molecule has 1 aromatic carbocycles. The fourth-order valence-electron chi connectivity index (χ4n) is 2.48. The number of fused-ring (bicyclic) bond motifs is 1. The lowest BCUT2D eigenvalue weighted by molar-refractivity contribution is -0.113. The Morgan fingerprint density at radius 1 is 1.43 bits per heavy atom. The van der Waals surface area contributed by atoms with E-state index in [1.165, 1.54) is 11.8 Å². The highest BCUT2D eigenvalue weighted by molar-refractivity contribution is 8.00. The number of carbonyl (C=O) groups is 2. The molecule has 4 N–H and O–H groups in total. The van der Waals surface area contributed by atoms with Gasteiger partial charge in [0.1, 0.15) is 0 Å². The maximum Gasteiger partial charge on any atom is 0.251 e. The molecule has 0 aliphatic carbocycles. The van der Waals surface area contributed by atoms with Crippen molar-refractivity contribution in [2.24, 2.45) is 5.92 Å². The molecule has 2 amide bonds. The second-order valence-electron chi connectivity index (χ2n) is 5.24. The van der Waals surface area contributed by atoms with Gasteiger partial charge in [-0.05, 0) is 18.2 Å². The first-order valence-electron chi connectivity index (χ1n) is 6.87. The monoisotopic (exact) mass is 307 g/mol. The molecule has 0 aromatic heterocycles. The molecule has 2 aliphatic heterocycles. The third-order valence-corrected chi connectivity index (χ3v) is 4.78. The van der Waals surface area contributed by atoms with Crippen LogP contribution < -0.4 is 16.0 Å². The van der Waals surface area contributed by atoms with Gasteiger partial charge >= 0.3 is 0 Å². The predicted molar refractivity (Wildman–Crippen MR) is 80.5 cm³/mol. The SMILES string of the molecule is O=C1CSc2ccc(C(=O)NCC3CNCC3O)cc2N1. The van der Waals surface area contributed by atoms with Crippen LogP contribution in [0.1, 0.15) is 10.4 Å². The predicted octanol–water partition coefficient (Wildman–Crippen LogP) is 0.0409. The molecule has 0 spiro atoms. The maximum atomic E-state index is 12.1. The standard InChI is InChI=1S/C14H17N3O3S/c18-11-6-15-4-9(11)5-16-14(20)8-1-2-12-10(3-8)17-13(19)7-21-12/h1-3,9,11,15,18H,4-7H2,(H,16,20)(H,17,19). The average molecular weight is 307 g/mol. The third kappa shape index (κ3) is 3.20. The Bertz CT molecular complexity index is 579. The van der Waals surface area contributed by atoms with Gasteiger partial charge < -0.3 is 21.1 Å². The molecular weight excluding hydrogens is 290 g/mol. The van der Waals surface area contributed by atoms with E-state index in [4.69, 9.17) is 0 Å². The maximum absolute atomic E-state index is 12.1. The molecule has 21 heavy (non-hydrogen) atoms. The summed E-state index contributed by atoms with van der Waals surface area (Å²) < 4.78 is 0. The van der Waals surface area contributed by atoms with Crippen molar-refractivity contribution in [3.8, 4) is 0 Å². The van der Waals surface area contributed by atoms with Gasteiger partial charge in [-0.1, -0.05) is 0 Å². The Labute approximate surface area is 126 Å². The molecule has 2 aliphatic rings. The minimum Gasteiger partial charge on any atom is -0.391 e. The fourth-order valence-corrected chi connectivity index (χ4v) is 3.27. The highest BCUT2D eigenvalue weighted by Crippen LogP contribution is 2.31. The summed E-state index contributed by atoms with van der Waals surface area (Å²) in [5, 5.41) is 18.4. The highest BCUT2D eigenvalue weighted by atomic mass is 32.2. The highest BCUT2D eigenvalue weighted by Gasteiger charge is 2.25. The Hall–Kier alpha value is -1.57. The molecule has 0 saturated carbocycles. The molecule has 1 fully saturated rings. The van der Waals surface area contributed by atoms with Crippen LogP contribution in [-0.2, 0) is 4.79 Å². The third-order valence-electron chi connectivity index (χ3n) is 3.70. The van der Waals surface area contributed by atoms with Crippen LogP contribution in [0.4, 0.5) is 5.69 Å². The zero-order valence-electron chi connectivity index (χ0n) is 11.4. The Morgan fingerprint density at radius 3 is 3.05 bits per heavy atom. The molecule has 0 bridgehead atoms. The number of anilines is 1. The summed E-state index contributed by atoms with van der Waals surface area (Å²) in [6.45, 7) is 1.71. The van der Waals surface area contributed by atoms with Crippen molar-refractivity contribution in [1.82, 2.24) is 10.6 Å². The van der Waals surface area contributed by atoms with E-state index in [-0.39, 0.29) is 17.7 Å². The summed E-state index contributed by atoms with van der Waals surface area (Å²) in [4.78, 5) is 24.5. The van der Waals surface area contributed by atoms with Gasteiger partial charge in [0.2, 0.25) is 5.91 Å². The molecule has 6 nitrogen and oxygen atoms in total. The lowest BCUT2D eigenvalue weighted by Gasteiger charge is -2.18. The van der Waals surface area contributed by atoms with Crippen molar-refractivity contribution >= 4 is 29.3 Å². The van der Waals surface area contributed by atoms with Crippen molar-refractivity contribution in [2.45, 2.75) is 11.0 Å². The summed E-state index contributed by atoms with van der Waals surface area (Å²) in [7, 11) is 0. The number of nitrogens with one attached hydrogen (secondary N) is 3. The lowest BCUT2D eigenvalue weighted by Crippen LogP contribution is -2.34. The van der Waals surface area contributed by atoms with Crippen LogP contribution in [0.15, 0.2) is 23.1 Å². The largest absolute Gasteiger partial charge is 0.391 e. The van der Waals surface area contributed by atoms with E-state index >= 15 is 0 Å². The summed E-state index contributed by atoms with van der Waals surface area (Å²) in [6, 6.07) is 5.29. The van der Waals surface area contributed by atoms with Crippen LogP contribution in [0, 0.1) is 5.92 Å². The Kier molecular flexibility index (Phi) is 4.14. The quantitative estimate of drug-likeness (QED) is 0.633. The first-order valence-corrected chi connectivity index (χ1v) is 7.86. The van der Waals surface area contributed by atoms with E-state index in [9.17, 15) is 14.7 Å². The molecule has 7 heteroatoms. The molecule has 1 saturated heterocycles. The molecule has 1 aromatic rings. The second-order valence-corrected chi connectivity index (χ2v) is 6.26. The van der Waals surface area contributed by atoms with Crippen molar-refractivity contribution < 1.29 is 14.7 Å². The van der Waals surface area contributed by atoms with Crippen molar-refractivity contribution in [3.05, 3.63) is 23.8 Å². The second kappa shape index (κ2) is 6.05. The van der Waals surface area contributed by atoms with Crippen molar-refractivity contribution in [1.29, 1.82) is 0 Å². The molecule has 2 heterocycles. The number of benzene rings is 1. The van der Waals surface area contributed by atoms with Crippen LogP contribution in [0.2, 0.25) is 0 Å². The van der Waals surface area contributed by atoms with E-state index in [0.29, 0.717) is 36.6 Å². The average Bonchev–Trinajstić information content (AvgIpc) is 2.89. The van der Waals surface area contributed by atoms with E-state index in [0.717, 1.165) is 4.90 Å². The minimum atomic E-state index is -0.412. The smallest absolute Gasteiger partial charge is 0.251 e. The number of thioether (sulfide) groups is 1. The first-order chi connectivity index (χ1) is 10.1. The molecule has 2 unspecified atom stereocenters. The fraction of sp³-hybridized carbons (Fsp3) is 0.429. The van der Waals surface area contributed by atoms with Gasteiger partial charge in [0.05, 0.1) is 17.5 Å². The summed E-state index contributed by atoms with van der Waals surface area (Å²) >= 11 is 1.47. The van der Waals surface area contributed by atoms with E-state index < -0.39 is 6.10 Å². The number of carbonyl (C=O) groups excluding carboxylic acids is 2. The number of aliphatic hydroxyl groups excluding tert-OH is 1. The Balaban J connectivity index is 1.64. The van der Waals surface area contributed by atoms with Gasteiger partial charge in [-0.3, -0.25) is 9.59 Å². The van der Waals surface area contributed by atoms with Gasteiger partial charge in [0.15, 0.2) is 0 Å². The topological polar surface area (TPSA) is 90.5 Å². The summed E-state index contributed by atoms with van der Waals surface area (Å²) in [5.74, 6) is 0.208. The lowest BCUT2D eigenvalue weighted by atomic mass is 10.1. The number of aliphatic hydroxyl groups is 1. The van der Waals surface area contributed by atoms with Gasteiger partial charge in [-0.25, -0.2) is 0 Å². The number of β-amino-alcohol motifs (C(OH)–C–C–N with tert-alkyl or cyclic N) is 1. The minimum absolute atomic E-state index is 0.0434. The number of amides is 2. The van der Waals surface area contributed by atoms with Gasteiger partial charge in [0, 0.05) is 36.0 Å². The van der Waals surface area contributed by atoms with Crippen LogP contribution in [-0.4, -0.2) is 48.4 Å². The van der Waals surface area contributed by atoms with Gasteiger partial charge in [-0.15, -0.1) is 11.8 Å². The molecule has 112 valence electrons. The first kappa shape index (κ1) is 14.4.